The van der Waals surface area contributed by atoms with Crippen molar-refractivity contribution in [1.29, 1.82) is 0 Å². The first kappa shape index (κ1) is 12.2. The molecule has 90 valence electrons. The van der Waals surface area contributed by atoms with Gasteiger partial charge in [0.15, 0.2) is 0 Å². The summed E-state index contributed by atoms with van der Waals surface area (Å²) < 4.78 is 0. The quantitative estimate of drug-likeness (QED) is 0.833. The van der Waals surface area contributed by atoms with Gasteiger partial charge in [0.2, 0.25) is 0 Å². The van der Waals surface area contributed by atoms with E-state index >= 15 is 0 Å². The molecule has 1 aromatic heterocycles. The molecule has 0 amide bonds. The van der Waals surface area contributed by atoms with Gasteiger partial charge in [-0.05, 0) is 51.0 Å². The number of nitrogens with one attached hydrogen (secondary N) is 1. The Morgan fingerprint density at radius 3 is 2.18 bits per heavy atom. The lowest BCUT2D eigenvalue weighted by Gasteiger charge is -2.13. The van der Waals surface area contributed by atoms with Crippen molar-refractivity contribution >= 4 is 17.0 Å². The van der Waals surface area contributed by atoms with Gasteiger partial charge >= 0.3 is 0 Å². The first-order valence-corrected chi connectivity index (χ1v) is 6.75. The third kappa shape index (κ3) is 2.89. The number of anilines is 1. The monoisotopic (exact) mass is 245 g/mol. The maximum Gasteiger partial charge on any atom is 0.0494 e. The number of rotatable bonds is 3. The summed E-state index contributed by atoms with van der Waals surface area (Å²) in [5, 5.41) is 3.55. The number of hydrogen-bond donors (Lipinski definition) is 1. The smallest absolute Gasteiger partial charge is 0.0494 e. The molecule has 2 rings (SSSR count). The van der Waals surface area contributed by atoms with Gasteiger partial charge in [-0.1, -0.05) is 17.7 Å². The van der Waals surface area contributed by atoms with E-state index in [0.29, 0.717) is 0 Å². The average Bonchev–Trinajstić information content (AvgIpc) is 2.62. The highest BCUT2D eigenvalue weighted by molar-refractivity contribution is 7.11. The molecule has 0 aliphatic rings. The highest BCUT2D eigenvalue weighted by atomic mass is 32.1. The normalized spacial score (nSPS) is 10.6. The standard InChI is InChI=1S/C15H19NS/c1-10-7-11(2)15(12(3)8-10)16-9-14-6-5-13(4)17-14/h5-8,16H,9H2,1-4H3. The van der Waals surface area contributed by atoms with E-state index in [4.69, 9.17) is 0 Å². The second-order valence-corrected chi connectivity index (χ2v) is 6.01. The van der Waals surface area contributed by atoms with E-state index in [9.17, 15) is 0 Å². The van der Waals surface area contributed by atoms with Crippen LogP contribution in [0.1, 0.15) is 26.4 Å². The minimum absolute atomic E-state index is 0.920. The molecule has 0 bridgehead atoms. The molecule has 0 saturated carbocycles. The summed E-state index contributed by atoms with van der Waals surface area (Å²) in [6.45, 7) is 9.55. The van der Waals surface area contributed by atoms with E-state index in [0.717, 1.165) is 6.54 Å². The molecule has 0 atom stereocenters. The van der Waals surface area contributed by atoms with Crippen LogP contribution in [-0.4, -0.2) is 0 Å². The van der Waals surface area contributed by atoms with Gasteiger partial charge in [-0.15, -0.1) is 11.3 Å². The fourth-order valence-corrected chi connectivity index (χ4v) is 3.04. The molecule has 2 aromatic rings. The Labute approximate surface area is 108 Å². The third-order valence-corrected chi connectivity index (χ3v) is 3.91. The Morgan fingerprint density at radius 1 is 1.00 bits per heavy atom. The van der Waals surface area contributed by atoms with Gasteiger partial charge in [-0.25, -0.2) is 0 Å². The van der Waals surface area contributed by atoms with Crippen LogP contribution in [0.4, 0.5) is 5.69 Å². The lowest BCUT2D eigenvalue weighted by molar-refractivity contribution is 1.16. The van der Waals surface area contributed by atoms with Crippen LogP contribution in [0.25, 0.3) is 0 Å². The van der Waals surface area contributed by atoms with Crippen molar-refractivity contribution in [3.63, 3.8) is 0 Å². The molecule has 0 aliphatic heterocycles. The number of benzene rings is 1. The van der Waals surface area contributed by atoms with Crippen molar-refractivity contribution in [1.82, 2.24) is 0 Å². The third-order valence-electron chi connectivity index (χ3n) is 2.91. The van der Waals surface area contributed by atoms with E-state index in [-0.39, 0.29) is 0 Å². The topological polar surface area (TPSA) is 12.0 Å². The molecular weight excluding hydrogens is 226 g/mol. The SMILES string of the molecule is Cc1cc(C)c(NCc2ccc(C)s2)c(C)c1. The Hall–Kier alpha value is -1.28. The number of aryl methyl sites for hydroxylation is 4. The first-order valence-electron chi connectivity index (χ1n) is 5.93. The predicted octanol–water partition coefficient (Wildman–Crippen LogP) is 4.59. The molecule has 1 aromatic carbocycles. The van der Waals surface area contributed by atoms with Crippen LogP contribution in [0.2, 0.25) is 0 Å². The van der Waals surface area contributed by atoms with Crippen molar-refractivity contribution in [3.8, 4) is 0 Å². The van der Waals surface area contributed by atoms with Crippen LogP contribution in [-0.2, 0) is 6.54 Å². The highest BCUT2D eigenvalue weighted by Crippen LogP contribution is 2.23. The van der Waals surface area contributed by atoms with Crippen molar-refractivity contribution < 1.29 is 0 Å². The molecule has 1 N–H and O–H groups in total. The summed E-state index contributed by atoms with van der Waals surface area (Å²) in [5.41, 5.74) is 5.27. The van der Waals surface area contributed by atoms with Crippen LogP contribution >= 0.6 is 11.3 Å². The second kappa shape index (κ2) is 4.92. The molecule has 0 fully saturated rings. The van der Waals surface area contributed by atoms with E-state index in [1.165, 1.54) is 32.1 Å². The van der Waals surface area contributed by atoms with Gasteiger partial charge in [-0.2, -0.15) is 0 Å². The molecule has 0 unspecified atom stereocenters. The van der Waals surface area contributed by atoms with Gasteiger partial charge in [0.05, 0.1) is 0 Å². The fraction of sp³-hybridized carbons (Fsp3) is 0.333. The zero-order valence-electron chi connectivity index (χ0n) is 10.9. The molecule has 17 heavy (non-hydrogen) atoms. The van der Waals surface area contributed by atoms with Crippen LogP contribution < -0.4 is 5.32 Å². The zero-order valence-corrected chi connectivity index (χ0v) is 11.7. The van der Waals surface area contributed by atoms with Crippen molar-refractivity contribution in [2.24, 2.45) is 0 Å². The summed E-state index contributed by atoms with van der Waals surface area (Å²) in [6, 6.07) is 8.84. The summed E-state index contributed by atoms with van der Waals surface area (Å²) >= 11 is 1.86. The van der Waals surface area contributed by atoms with Gasteiger partial charge in [0.1, 0.15) is 0 Å². The Kier molecular flexibility index (Phi) is 3.53. The molecular formula is C15H19NS. The summed E-state index contributed by atoms with van der Waals surface area (Å²) in [5.74, 6) is 0. The van der Waals surface area contributed by atoms with Crippen molar-refractivity contribution in [2.45, 2.75) is 34.2 Å². The van der Waals surface area contributed by atoms with Gasteiger partial charge in [0, 0.05) is 22.0 Å². The van der Waals surface area contributed by atoms with Crippen LogP contribution in [0.15, 0.2) is 24.3 Å². The summed E-state index contributed by atoms with van der Waals surface area (Å²) in [4.78, 5) is 2.76. The van der Waals surface area contributed by atoms with Crippen molar-refractivity contribution in [2.75, 3.05) is 5.32 Å². The largest absolute Gasteiger partial charge is 0.380 e. The highest BCUT2D eigenvalue weighted by Gasteiger charge is 2.04. The maximum absolute atomic E-state index is 3.55. The van der Waals surface area contributed by atoms with E-state index < -0.39 is 0 Å². The molecule has 0 radical (unpaired) electrons. The molecule has 0 aliphatic carbocycles. The van der Waals surface area contributed by atoms with Gasteiger partial charge in [0.25, 0.3) is 0 Å². The van der Waals surface area contributed by atoms with Gasteiger partial charge < -0.3 is 5.32 Å². The first-order chi connectivity index (χ1) is 8.06. The molecule has 0 saturated heterocycles. The molecule has 1 heterocycles. The minimum atomic E-state index is 0.920. The lowest BCUT2D eigenvalue weighted by Crippen LogP contribution is -2.02. The Balaban J connectivity index is 2.14. The number of thiophene rings is 1. The van der Waals surface area contributed by atoms with Crippen LogP contribution in [0.3, 0.4) is 0 Å². The lowest BCUT2D eigenvalue weighted by atomic mass is 10.1. The zero-order chi connectivity index (χ0) is 12.4. The average molecular weight is 245 g/mol. The minimum Gasteiger partial charge on any atom is -0.380 e. The molecule has 2 heteroatoms. The van der Waals surface area contributed by atoms with E-state index in [1.54, 1.807) is 0 Å². The van der Waals surface area contributed by atoms with E-state index in [1.807, 2.05) is 11.3 Å². The van der Waals surface area contributed by atoms with Crippen molar-refractivity contribution in [3.05, 3.63) is 50.7 Å². The van der Waals surface area contributed by atoms with Gasteiger partial charge in [-0.3, -0.25) is 0 Å². The predicted molar refractivity (Wildman–Crippen MR) is 77.0 cm³/mol. The summed E-state index contributed by atoms with van der Waals surface area (Å²) in [7, 11) is 0. The summed E-state index contributed by atoms with van der Waals surface area (Å²) in [6.07, 6.45) is 0. The Bertz CT molecular complexity index is 502. The molecule has 1 nitrogen and oxygen atoms in total. The fourth-order valence-electron chi connectivity index (χ4n) is 2.21. The Morgan fingerprint density at radius 2 is 1.65 bits per heavy atom. The second-order valence-electron chi connectivity index (χ2n) is 4.64. The van der Waals surface area contributed by atoms with Crippen LogP contribution in [0, 0.1) is 27.7 Å². The number of hydrogen-bond acceptors (Lipinski definition) is 2. The van der Waals surface area contributed by atoms with Crippen LogP contribution in [0.5, 0.6) is 0 Å². The maximum atomic E-state index is 3.55. The van der Waals surface area contributed by atoms with E-state index in [2.05, 4.69) is 57.3 Å². The molecule has 0 spiro atoms.